The Labute approximate surface area is 155 Å². The van der Waals surface area contributed by atoms with Crippen LogP contribution < -0.4 is 4.74 Å². The monoisotopic (exact) mass is 386 g/mol. The van der Waals surface area contributed by atoms with Crippen molar-refractivity contribution in [2.24, 2.45) is 5.92 Å². The van der Waals surface area contributed by atoms with E-state index >= 15 is 0 Å². The Kier molecular flexibility index (Phi) is 6.25. The first-order chi connectivity index (χ1) is 12.0. The average molecular weight is 387 g/mol. The molecule has 2 heterocycles. The van der Waals surface area contributed by atoms with Gasteiger partial charge in [-0.3, -0.25) is 0 Å². The largest absolute Gasteiger partial charge is 0.495 e. The van der Waals surface area contributed by atoms with E-state index in [1.165, 1.54) is 45.5 Å². The van der Waals surface area contributed by atoms with E-state index in [1.807, 2.05) is 0 Å². The maximum absolute atomic E-state index is 13.0. The number of rotatable bonds is 5. The van der Waals surface area contributed by atoms with Crippen LogP contribution in [0.1, 0.15) is 32.1 Å². The van der Waals surface area contributed by atoms with Gasteiger partial charge in [-0.15, -0.1) is 0 Å². The predicted molar refractivity (Wildman–Crippen MR) is 99.8 cm³/mol. The molecule has 1 aromatic carbocycles. The summed E-state index contributed by atoms with van der Waals surface area (Å²) in [5.41, 5.74) is 0. The molecule has 0 atom stereocenters. The lowest BCUT2D eigenvalue weighted by Crippen LogP contribution is -2.42. The number of hydrogen-bond donors (Lipinski definition) is 0. The average Bonchev–Trinajstić information content (AvgIpc) is 2.63. The fourth-order valence-electron chi connectivity index (χ4n) is 3.83. The summed E-state index contributed by atoms with van der Waals surface area (Å²) in [5.74, 6) is 0.936. The minimum atomic E-state index is -3.57. The molecule has 140 valence electrons. The standard InChI is InChI=1S/C18H27ClN2O3S/c1-24-17-6-5-16(19)13-18(17)25(22,23)21-11-7-15(8-12-21)14-20-9-3-2-4-10-20/h5-6,13,15H,2-4,7-12,14H2,1H3. The highest BCUT2D eigenvalue weighted by Crippen LogP contribution is 2.32. The third-order valence-electron chi connectivity index (χ3n) is 5.28. The quantitative estimate of drug-likeness (QED) is 0.779. The van der Waals surface area contributed by atoms with E-state index in [9.17, 15) is 8.42 Å². The zero-order chi connectivity index (χ0) is 17.9. The number of benzene rings is 1. The number of nitrogens with zero attached hydrogens (tertiary/aromatic N) is 2. The molecule has 0 spiro atoms. The Bertz CT molecular complexity index is 682. The summed E-state index contributed by atoms with van der Waals surface area (Å²) in [5, 5.41) is 0.402. The molecule has 2 fully saturated rings. The minimum Gasteiger partial charge on any atom is -0.495 e. The van der Waals surface area contributed by atoms with E-state index in [4.69, 9.17) is 16.3 Å². The lowest BCUT2D eigenvalue weighted by molar-refractivity contribution is 0.161. The summed E-state index contributed by atoms with van der Waals surface area (Å²) in [7, 11) is -2.09. The molecule has 5 nitrogen and oxygen atoms in total. The Morgan fingerprint density at radius 3 is 2.44 bits per heavy atom. The van der Waals surface area contributed by atoms with E-state index < -0.39 is 10.0 Å². The van der Waals surface area contributed by atoms with Crippen molar-refractivity contribution in [3.63, 3.8) is 0 Å². The summed E-state index contributed by atoms with van der Waals surface area (Å²) >= 11 is 6.01. The van der Waals surface area contributed by atoms with Gasteiger partial charge in [-0.05, 0) is 62.9 Å². The van der Waals surface area contributed by atoms with E-state index in [1.54, 1.807) is 16.4 Å². The van der Waals surface area contributed by atoms with Gasteiger partial charge < -0.3 is 9.64 Å². The van der Waals surface area contributed by atoms with Crippen molar-refractivity contribution >= 4 is 21.6 Å². The molecular formula is C18H27ClN2O3S. The SMILES string of the molecule is COc1ccc(Cl)cc1S(=O)(=O)N1CCC(CN2CCCCC2)CC1. The number of sulfonamides is 1. The van der Waals surface area contributed by atoms with Gasteiger partial charge in [-0.1, -0.05) is 18.0 Å². The molecule has 2 saturated heterocycles. The van der Waals surface area contributed by atoms with Crippen LogP contribution in [0, 0.1) is 5.92 Å². The first-order valence-electron chi connectivity index (χ1n) is 9.07. The van der Waals surface area contributed by atoms with Crippen molar-refractivity contribution in [3.8, 4) is 5.75 Å². The number of ether oxygens (including phenoxy) is 1. The van der Waals surface area contributed by atoms with Crippen LogP contribution in [-0.2, 0) is 10.0 Å². The fraction of sp³-hybridized carbons (Fsp3) is 0.667. The number of halogens is 1. The molecule has 25 heavy (non-hydrogen) atoms. The third-order valence-corrected chi connectivity index (χ3v) is 7.44. The highest BCUT2D eigenvalue weighted by atomic mass is 35.5. The molecule has 0 amide bonds. The van der Waals surface area contributed by atoms with Crippen molar-refractivity contribution in [2.45, 2.75) is 37.0 Å². The van der Waals surface area contributed by atoms with E-state index in [-0.39, 0.29) is 4.90 Å². The number of likely N-dealkylation sites (tertiary alicyclic amines) is 1. The first kappa shape index (κ1) is 19.0. The highest BCUT2D eigenvalue weighted by molar-refractivity contribution is 7.89. The van der Waals surface area contributed by atoms with E-state index in [0.29, 0.717) is 29.8 Å². The van der Waals surface area contributed by atoms with Crippen molar-refractivity contribution in [3.05, 3.63) is 23.2 Å². The van der Waals surface area contributed by atoms with Crippen LogP contribution in [0.4, 0.5) is 0 Å². The normalized spacial score (nSPS) is 21.4. The molecule has 3 rings (SSSR count). The molecule has 0 aliphatic carbocycles. The van der Waals surface area contributed by atoms with Crippen molar-refractivity contribution in [1.82, 2.24) is 9.21 Å². The number of piperidine rings is 2. The van der Waals surface area contributed by atoms with Gasteiger partial charge in [0, 0.05) is 24.7 Å². The lowest BCUT2D eigenvalue weighted by Gasteiger charge is -2.35. The Morgan fingerprint density at radius 1 is 1.12 bits per heavy atom. The van der Waals surface area contributed by atoms with Crippen LogP contribution in [0.25, 0.3) is 0 Å². The molecule has 0 saturated carbocycles. The van der Waals surface area contributed by atoms with E-state index in [0.717, 1.165) is 19.4 Å². The highest BCUT2D eigenvalue weighted by Gasteiger charge is 2.32. The zero-order valence-corrected chi connectivity index (χ0v) is 16.4. The maximum atomic E-state index is 13.0. The van der Waals surface area contributed by atoms with Gasteiger partial charge in [0.2, 0.25) is 10.0 Å². The van der Waals surface area contributed by atoms with Gasteiger partial charge in [0.25, 0.3) is 0 Å². The molecule has 2 aliphatic rings. The van der Waals surface area contributed by atoms with Gasteiger partial charge in [0.05, 0.1) is 7.11 Å². The smallest absolute Gasteiger partial charge is 0.246 e. The van der Waals surface area contributed by atoms with Crippen LogP contribution in [-0.4, -0.2) is 57.5 Å². The third kappa shape index (κ3) is 4.48. The lowest BCUT2D eigenvalue weighted by atomic mass is 9.96. The van der Waals surface area contributed by atoms with Crippen molar-refractivity contribution < 1.29 is 13.2 Å². The Hall–Kier alpha value is -0.820. The Balaban J connectivity index is 1.64. The topological polar surface area (TPSA) is 49.9 Å². The van der Waals surface area contributed by atoms with Gasteiger partial charge in [0.15, 0.2) is 0 Å². The molecule has 0 radical (unpaired) electrons. The van der Waals surface area contributed by atoms with Crippen LogP contribution in [0.15, 0.2) is 23.1 Å². The summed E-state index contributed by atoms with van der Waals surface area (Å²) in [4.78, 5) is 2.70. The van der Waals surface area contributed by atoms with Crippen molar-refractivity contribution in [1.29, 1.82) is 0 Å². The molecule has 0 unspecified atom stereocenters. The summed E-state index contributed by atoms with van der Waals surface area (Å²) in [6.07, 6.45) is 5.76. The molecular weight excluding hydrogens is 360 g/mol. The molecule has 0 aromatic heterocycles. The number of hydrogen-bond acceptors (Lipinski definition) is 4. The summed E-state index contributed by atoms with van der Waals surface area (Å²) < 4.78 is 32.8. The van der Waals surface area contributed by atoms with Gasteiger partial charge in [0.1, 0.15) is 10.6 Å². The van der Waals surface area contributed by atoms with Crippen LogP contribution in [0.5, 0.6) is 5.75 Å². The molecule has 0 N–H and O–H groups in total. The second kappa shape index (κ2) is 8.25. The maximum Gasteiger partial charge on any atom is 0.246 e. The summed E-state index contributed by atoms with van der Waals surface area (Å²) in [6.45, 7) is 4.62. The molecule has 7 heteroatoms. The van der Waals surface area contributed by atoms with Crippen LogP contribution in [0.3, 0.4) is 0 Å². The summed E-state index contributed by atoms with van der Waals surface area (Å²) in [6, 6.07) is 4.73. The predicted octanol–water partition coefficient (Wildman–Crippen LogP) is 3.24. The van der Waals surface area contributed by atoms with Crippen LogP contribution >= 0.6 is 11.6 Å². The Morgan fingerprint density at radius 2 is 1.80 bits per heavy atom. The van der Waals surface area contributed by atoms with Gasteiger partial charge in [-0.25, -0.2) is 8.42 Å². The van der Waals surface area contributed by atoms with Crippen LogP contribution in [0.2, 0.25) is 5.02 Å². The first-order valence-corrected chi connectivity index (χ1v) is 10.9. The fourth-order valence-corrected chi connectivity index (χ4v) is 5.72. The van der Waals surface area contributed by atoms with Gasteiger partial charge in [-0.2, -0.15) is 4.31 Å². The second-order valence-corrected chi connectivity index (χ2v) is 9.35. The van der Waals surface area contributed by atoms with Crippen molar-refractivity contribution in [2.75, 3.05) is 39.8 Å². The number of methoxy groups -OCH3 is 1. The molecule has 2 aliphatic heterocycles. The minimum absolute atomic E-state index is 0.164. The second-order valence-electron chi connectivity index (χ2n) is 7.00. The van der Waals surface area contributed by atoms with E-state index in [2.05, 4.69) is 4.90 Å². The molecule has 1 aromatic rings. The molecule has 0 bridgehead atoms. The zero-order valence-electron chi connectivity index (χ0n) is 14.8. The van der Waals surface area contributed by atoms with Gasteiger partial charge >= 0.3 is 0 Å².